The highest BCUT2D eigenvalue weighted by atomic mass is 32.2. The molecule has 0 heterocycles. The summed E-state index contributed by atoms with van der Waals surface area (Å²) in [6.45, 7) is 1.17. The van der Waals surface area contributed by atoms with Crippen LogP contribution >= 0.6 is 0 Å². The van der Waals surface area contributed by atoms with Gasteiger partial charge in [0.15, 0.2) is 0 Å². The van der Waals surface area contributed by atoms with Crippen molar-refractivity contribution in [2.24, 2.45) is 0 Å². The molecule has 0 bridgehead atoms. The van der Waals surface area contributed by atoms with Gasteiger partial charge in [-0.15, -0.1) is 13.2 Å². The molecule has 11 heteroatoms. The SMILES string of the molecule is CC(=O)NC(CCS(C)(=O)=O)C(=O)Nc1ccc(OC(F)(F)F)cc1. The third-order valence-electron chi connectivity index (χ3n) is 2.83. The highest BCUT2D eigenvalue weighted by Crippen LogP contribution is 2.24. The van der Waals surface area contributed by atoms with Crippen LogP contribution in [0.15, 0.2) is 24.3 Å². The molecule has 1 aromatic rings. The number of benzene rings is 1. The van der Waals surface area contributed by atoms with E-state index in [2.05, 4.69) is 15.4 Å². The lowest BCUT2D eigenvalue weighted by atomic mass is 10.2. The molecule has 0 aliphatic rings. The van der Waals surface area contributed by atoms with Gasteiger partial charge in [-0.3, -0.25) is 9.59 Å². The van der Waals surface area contributed by atoms with E-state index in [1.165, 1.54) is 19.1 Å². The molecule has 0 aliphatic heterocycles. The summed E-state index contributed by atoms with van der Waals surface area (Å²) in [7, 11) is -3.34. The molecule has 0 saturated carbocycles. The number of sulfone groups is 1. The maximum Gasteiger partial charge on any atom is 0.573 e. The fourth-order valence-electron chi connectivity index (χ4n) is 1.82. The number of carbonyl (C=O) groups is 2. The van der Waals surface area contributed by atoms with E-state index in [1.54, 1.807) is 0 Å². The normalized spacial score (nSPS) is 13.0. The molecule has 7 nitrogen and oxygen atoms in total. The van der Waals surface area contributed by atoms with Crippen LogP contribution in [0.25, 0.3) is 0 Å². The number of carbonyl (C=O) groups excluding carboxylic acids is 2. The van der Waals surface area contributed by atoms with Crippen LogP contribution in [0.5, 0.6) is 5.75 Å². The van der Waals surface area contributed by atoms with Crippen molar-refractivity contribution in [3.63, 3.8) is 0 Å². The van der Waals surface area contributed by atoms with Crippen molar-refractivity contribution in [3.8, 4) is 5.75 Å². The molecule has 2 amide bonds. The first-order chi connectivity index (χ1) is 11.4. The summed E-state index contributed by atoms with van der Waals surface area (Å²) in [5.74, 6) is -1.99. The van der Waals surface area contributed by atoms with Gasteiger partial charge in [-0.25, -0.2) is 8.42 Å². The van der Waals surface area contributed by atoms with Crippen LogP contribution in [-0.2, 0) is 19.4 Å². The van der Waals surface area contributed by atoms with Gasteiger partial charge < -0.3 is 15.4 Å². The average molecular weight is 382 g/mol. The van der Waals surface area contributed by atoms with Crippen molar-refractivity contribution >= 4 is 27.3 Å². The van der Waals surface area contributed by atoms with Gasteiger partial charge in [0.05, 0.1) is 5.75 Å². The number of alkyl halides is 3. The minimum absolute atomic E-state index is 0.139. The van der Waals surface area contributed by atoms with E-state index in [1.807, 2.05) is 0 Å². The lowest BCUT2D eigenvalue weighted by molar-refractivity contribution is -0.274. The second kappa shape index (κ2) is 8.19. The van der Waals surface area contributed by atoms with Gasteiger partial charge in [0.25, 0.3) is 0 Å². The summed E-state index contributed by atoms with van der Waals surface area (Å²) < 4.78 is 62.3. The Bertz CT molecular complexity index is 717. The van der Waals surface area contributed by atoms with Gasteiger partial charge >= 0.3 is 6.36 Å². The van der Waals surface area contributed by atoms with Gasteiger partial charge in [-0.05, 0) is 30.7 Å². The predicted molar refractivity (Wildman–Crippen MR) is 83.7 cm³/mol. The lowest BCUT2D eigenvalue weighted by Gasteiger charge is -2.17. The van der Waals surface area contributed by atoms with Crippen molar-refractivity contribution in [3.05, 3.63) is 24.3 Å². The number of halogens is 3. The van der Waals surface area contributed by atoms with E-state index in [-0.39, 0.29) is 17.9 Å². The smallest absolute Gasteiger partial charge is 0.406 e. The quantitative estimate of drug-likeness (QED) is 0.744. The summed E-state index contributed by atoms with van der Waals surface area (Å²) >= 11 is 0. The van der Waals surface area contributed by atoms with Crippen molar-refractivity contribution in [1.82, 2.24) is 5.32 Å². The average Bonchev–Trinajstić information content (AvgIpc) is 2.42. The zero-order valence-corrected chi connectivity index (χ0v) is 14.2. The molecule has 1 atom stereocenters. The van der Waals surface area contributed by atoms with E-state index in [0.717, 1.165) is 18.4 Å². The molecule has 25 heavy (non-hydrogen) atoms. The Kier molecular flexibility index (Phi) is 6.79. The summed E-state index contributed by atoms with van der Waals surface area (Å²) in [6, 6.07) is 3.28. The molecule has 0 radical (unpaired) electrons. The topological polar surface area (TPSA) is 102 Å². The van der Waals surface area contributed by atoms with E-state index in [9.17, 15) is 31.2 Å². The minimum atomic E-state index is -4.83. The fraction of sp³-hybridized carbons (Fsp3) is 0.429. The zero-order chi connectivity index (χ0) is 19.3. The van der Waals surface area contributed by atoms with Gasteiger partial charge in [0.2, 0.25) is 11.8 Å². The molecule has 0 fully saturated rings. The monoisotopic (exact) mass is 382 g/mol. The Morgan fingerprint density at radius 1 is 1.20 bits per heavy atom. The summed E-state index contributed by atoms with van der Waals surface area (Å²) in [5, 5.41) is 4.71. The molecule has 0 aromatic heterocycles. The number of rotatable bonds is 7. The van der Waals surface area contributed by atoms with Gasteiger partial charge in [-0.2, -0.15) is 0 Å². The van der Waals surface area contributed by atoms with Crippen LogP contribution in [0.2, 0.25) is 0 Å². The first kappa shape index (κ1) is 20.7. The van der Waals surface area contributed by atoms with Crippen molar-refractivity contribution < 1.29 is 35.9 Å². The Balaban J connectivity index is 2.76. The van der Waals surface area contributed by atoms with Gasteiger partial charge in [-0.1, -0.05) is 0 Å². The lowest BCUT2D eigenvalue weighted by Crippen LogP contribution is -2.43. The van der Waals surface area contributed by atoms with Crippen molar-refractivity contribution in [2.45, 2.75) is 25.7 Å². The summed E-state index contributed by atoms with van der Waals surface area (Å²) in [6.07, 6.45) is -3.97. The summed E-state index contributed by atoms with van der Waals surface area (Å²) in [4.78, 5) is 23.3. The van der Waals surface area contributed by atoms with Crippen molar-refractivity contribution in [1.29, 1.82) is 0 Å². The zero-order valence-electron chi connectivity index (χ0n) is 13.4. The first-order valence-corrected chi connectivity index (χ1v) is 9.03. The molecule has 1 aromatic carbocycles. The van der Waals surface area contributed by atoms with E-state index in [0.29, 0.717) is 0 Å². The molecular formula is C14H17F3N2O5S. The molecule has 0 spiro atoms. The van der Waals surface area contributed by atoms with Crippen LogP contribution < -0.4 is 15.4 Å². The first-order valence-electron chi connectivity index (χ1n) is 6.97. The molecule has 140 valence electrons. The Morgan fingerprint density at radius 2 is 1.76 bits per heavy atom. The predicted octanol–water partition coefficient (Wildman–Crippen LogP) is 1.46. The van der Waals surface area contributed by atoms with Crippen molar-refractivity contribution in [2.75, 3.05) is 17.3 Å². The number of hydrogen-bond donors (Lipinski definition) is 2. The molecule has 0 saturated heterocycles. The van der Waals surface area contributed by atoms with Crippen LogP contribution in [-0.4, -0.2) is 44.6 Å². The second-order valence-corrected chi connectivity index (χ2v) is 7.49. The van der Waals surface area contributed by atoms with Gasteiger partial charge in [0, 0.05) is 18.9 Å². The molecule has 0 aliphatic carbocycles. The standard InChI is InChI=1S/C14H17F3N2O5S/c1-9(20)18-12(7-8-25(2,22)23)13(21)19-10-3-5-11(6-4-10)24-14(15,16)17/h3-6,12H,7-8H2,1-2H3,(H,18,20)(H,19,21). The van der Waals surface area contributed by atoms with Crippen LogP contribution in [0.4, 0.5) is 18.9 Å². The second-order valence-electron chi connectivity index (χ2n) is 5.23. The fourth-order valence-corrected chi connectivity index (χ4v) is 2.48. The Hall–Kier alpha value is -2.30. The van der Waals surface area contributed by atoms with Crippen LogP contribution in [0.3, 0.4) is 0 Å². The van der Waals surface area contributed by atoms with E-state index < -0.39 is 39.8 Å². The Labute approximate surface area is 142 Å². The highest BCUT2D eigenvalue weighted by Gasteiger charge is 2.31. The van der Waals surface area contributed by atoms with Gasteiger partial charge in [0.1, 0.15) is 21.6 Å². The highest BCUT2D eigenvalue weighted by molar-refractivity contribution is 7.90. The van der Waals surface area contributed by atoms with Crippen LogP contribution in [0.1, 0.15) is 13.3 Å². The minimum Gasteiger partial charge on any atom is -0.406 e. The number of anilines is 1. The molecule has 1 unspecified atom stereocenters. The molecule has 2 N–H and O–H groups in total. The largest absolute Gasteiger partial charge is 0.573 e. The maximum absolute atomic E-state index is 12.1. The van der Waals surface area contributed by atoms with Crippen LogP contribution in [0, 0.1) is 0 Å². The number of amides is 2. The number of hydrogen-bond acceptors (Lipinski definition) is 5. The third-order valence-corrected chi connectivity index (χ3v) is 3.80. The number of ether oxygens (including phenoxy) is 1. The number of nitrogens with one attached hydrogen (secondary N) is 2. The molecule has 1 rings (SSSR count). The van der Waals surface area contributed by atoms with E-state index in [4.69, 9.17) is 0 Å². The summed E-state index contributed by atoms with van der Waals surface area (Å²) in [5.41, 5.74) is 0.161. The van der Waals surface area contributed by atoms with E-state index >= 15 is 0 Å². The third kappa shape index (κ3) is 8.94. The Morgan fingerprint density at radius 3 is 2.20 bits per heavy atom. The molecular weight excluding hydrogens is 365 g/mol. The maximum atomic E-state index is 12.1.